The van der Waals surface area contributed by atoms with Gasteiger partial charge in [-0.2, -0.15) is 0 Å². The molecule has 0 saturated heterocycles. The lowest BCUT2D eigenvalue weighted by Gasteiger charge is -2.19. The smallest absolute Gasteiger partial charge is 0.184 e. The number of anilines is 1. The first kappa shape index (κ1) is 19.9. The first-order valence-corrected chi connectivity index (χ1v) is 8.54. The Hall–Kier alpha value is -2.40. The van der Waals surface area contributed by atoms with Crippen LogP contribution in [-0.2, 0) is 4.79 Å². The number of rotatable bonds is 6. The third-order valence-corrected chi connectivity index (χ3v) is 3.87. The van der Waals surface area contributed by atoms with Crippen LogP contribution in [0, 0.1) is 11.2 Å². The number of halogens is 2. The van der Waals surface area contributed by atoms with E-state index in [2.05, 4.69) is 10.3 Å². The van der Waals surface area contributed by atoms with Crippen LogP contribution in [0.25, 0.3) is 0 Å². The van der Waals surface area contributed by atoms with Crippen molar-refractivity contribution in [2.24, 2.45) is 10.4 Å². The highest BCUT2D eigenvalue weighted by Crippen LogP contribution is 2.24. The molecule has 0 bridgehead atoms. The highest BCUT2D eigenvalue weighted by atomic mass is 35.5. The number of nitrogens with zero attached hydrogens (tertiary/aromatic N) is 1. The molecule has 0 unspecified atom stereocenters. The van der Waals surface area contributed by atoms with E-state index in [-0.39, 0.29) is 28.7 Å². The summed E-state index contributed by atoms with van der Waals surface area (Å²) in [6.07, 6.45) is 0. The molecule has 2 aromatic rings. The van der Waals surface area contributed by atoms with E-state index in [1.165, 1.54) is 18.2 Å². The van der Waals surface area contributed by atoms with Crippen molar-refractivity contribution < 1.29 is 13.9 Å². The van der Waals surface area contributed by atoms with Gasteiger partial charge in [0.15, 0.2) is 5.78 Å². The molecule has 0 aliphatic heterocycles. The second-order valence-electron chi connectivity index (χ2n) is 6.82. The molecule has 0 saturated carbocycles. The van der Waals surface area contributed by atoms with Crippen LogP contribution in [-0.4, -0.2) is 25.1 Å². The normalized spacial score (nSPS) is 12.0. The molecule has 6 heteroatoms. The van der Waals surface area contributed by atoms with Crippen molar-refractivity contribution in [3.63, 3.8) is 0 Å². The molecule has 1 N–H and O–H groups in total. The van der Waals surface area contributed by atoms with Gasteiger partial charge in [-0.15, -0.1) is 0 Å². The summed E-state index contributed by atoms with van der Waals surface area (Å²) in [6, 6.07) is 11.5. The van der Waals surface area contributed by atoms with E-state index < -0.39 is 11.2 Å². The Bertz CT molecular complexity index is 829. The summed E-state index contributed by atoms with van der Waals surface area (Å²) in [5.74, 6) is -0.0419. The van der Waals surface area contributed by atoms with E-state index in [0.29, 0.717) is 5.75 Å². The fourth-order valence-electron chi connectivity index (χ4n) is 2.24. The lowest BCUT2D eigenvalue weighted by Crippen LogP contribution is -2.33. The maximum atomic E-state index is 14.1. The molecule has 138 valence electrons. The SMILES string of the molecule is COc1cccc(NCC(=Nc2ccc(Cl)cc2F)C(=O)C(C)(C)C)c1. The van der Waals surface area contributed by atoms with Crippen molar-refractivity contribution in [1.29, 1.82) is 0 Å². The predicted molar refractivity (Wildman–Crippen MR) is 104 cm³/mol. The lowest BCUT2D eigenvalue weighted by molar-refractivity contribution is -0.119. The van der Waals surface area contributed by atoms with Gasteiger partial charge in [-0.3, -0.25) is 4.79 Å². The second-order valence-corrected chi connectivity index (χ2v) is 7.26. The van der Waals surface area contributed by atoms with Gasteiger partial charge in [-0.25, -0.2) is 9.38 Å². The van der Waals surface area contributed by atoms with Gasteiger partial charge in [0.1, 0.15) is 17.3 Å². The number of benzene rings is 2. The molecule has 0 aromatic heterocycles. The van der Waals surface area contributed by atoms with Crippen LogP contribution < -0.4 is 10.1 Å². The number of aliphatic imine (C=N–C) groups is 1. The summed E-state index contributed by atoms with van der Waals surface area (Å²) in [7, 11) is 1.58. The molecule has 0 radical (unpaired) electrons. The molecule has 0 aliphatic carbocycles. The third-order valence-electron chi connectivity index (χ3n) is 3.64. The topological polar surface area (TPSA) is 50.7 Å². The first-order valence-electron chi connectivity index (χ1n) is 8.16. The lowest BCUT2D eigenvalue weighted by atomic mass is 9.88. The summed E-state index contributed by atoms with van der Waals surface area (Å²) in [6.45, 7) is 5.56. The maximum absolute atomic E-state index is 14.1. The maximum Gasteiger partial charge on any atom is 0.184 e. The number of hydrogen-bond acceptors (Lipinski definition) is 4. The van der Waals surface area contributed by atoms with Gasteiger partial charge in [0.05, 0.1) is 19.3 Å². The number of methoxy groups -OCH3 is 1. The number of nitrogens with one attached hydrogen (secondary N) is 1. The Labute approximate surface area is 158 Å². The van der Waals surface area contributed by atoms with Crippen LogP contribution in [0.3, 0.4) is 0 Å². The zero-order valence-corrected chi connectivity index (χ0v) is 16.0. The Kier molecular flexibility index (Phi) is 6.37. The van der Waals surface area contributed by atoms with Gasteiger partial charge < -0.3 is 10.1 Å². The third kappa shape index (κ3) is 5.30. The quantitative estimate of drug-likeness (QED) is 0.697. The number of ketones is 1. The number of carbonyl (C=O) groups is 1. The van der Waals surface area contributed by atoms with Crippen molar-refractivity contribution in [3.8, 4) is 5.75 Å². The molecule has 0 spiro atoms. The largest absolute Gasteiger partial charge is 0.497 e. The van der Waals surface area contributed by atoms with Gasteiger partial charge in [0, 0.05) is 22.2 Å². The fraction of sp³-hybridized carbons (Fsp3) is 0.300. The van der Waals surface area contributed by atoms with Gasteiger partial charge in [0.2, 0.25) is 0 Å². The Morgan fingerprint density at radius 2 is 1.96 bits per heavy atom. The molecule has 0 aliphatic rings. The van der Waals surface area contributed by atoms with E-state index in [4.69, 9.17) is 16.3 Å². The first-order chi connectivity index (χ1) is 12.2. The summed E-state index contributed by atoms with van der Waals surface area (Å²) < 4.78 is 19.3. The van der Waals surface area contributed by atoms with Crippen LogP contribution in [0.15, 0.2) is 47.5 Å². The molecule has 0 atom stereocenters. The van der Waals surface area contributed by atoms with E-state index >= 15 is 0 Å². The Morgan fingerprint density at radius 3 is 2.58 bits per heavy atom. The minimum atomic E-state index is -0.641. The molecule has 0 heterocycles. The van der Waals surface area contributed by atoms with Crippen molar-refractivity contribution in [3.05, 3.63) is 53.3 Å². The summed E-state index contributed by atoms with van der Waals surface area (Å²) in [5, 5.41) is 3.42. The predicted octanol–water partition coefficient (Wildman–Crippen LogP) is 5.29. The summed E-state index contributed by atoms with van der Waals surface area (Å²) in [4.78, 5) is 17.0. The fourth-order valence-corrected chi connectivity index (χ4v) is 2.40. The van der Waals surface area contributed by atoms with Crippen LogP contribution >= 0.6 is 11.6 Å². The number of carbonyl (C=O) groups excluding carboxylic acids is 1. The average molecular weight is 377 g/mol. The highest BCUT2D eigenvalue weighted by Gasteiger charge is 2.26. The zero-order chi connectivity index (χ0) is 19.3. The molecule has 26 heavy (non-hydrogen) atoms. The van der Waals surface area contributed by atoms with Crippen LogP contribution in [0.1, 0.15) is 20.8 Å². The Balaban J connectivity index is 2.31. The van der Waals surface area contributed by atoms with E-state index in [1.807, 2.05) is 24.3 Å². The number of Topliss-reactive ketones (excluding diaryl/α,β-unsaturated/α-hetero) is 1. The van der Waals surface area contributed by atoms with Gasteiger partial charge >= 0.3 is 0 Å². The number of hydrogen-bond donors (Lipinski definition) is 1. The average Bonchev–Trinajstić information content (AvgIpc) is 2.59. The minimum Gasteiger partial charge on any atom is -0.497 e. The van der Waals surface area contributed by atoms with Gasteiger partial charge in [-0.1, -0.05) is 38.4 Å². The van der Waals surface area contributed by atoms with Crippen LogP contribution in [0.5, 0.6) is 5.75 Å². The second kappa shape index (κ2) is 8.32. The van der Waals surface area contributed by atoms with Crippen molar-refractivity contribution in [1.82, 2.24) is 0 Å². The molecule has 2 aromatic carbocycles. The molecule has 0 amide bonds. The van der Waals surface area contributed by atoms with Crippen molar-refractivity contribution in [2.75, 3.05) is 19.0 Å². The van der Waals surface area contributed by atoms with Gasteiger partial charge in [0.25, 0.3) is 0 Å². The standard InChI is InChI=1S/C20H22ClFN2O2/c1-20(2,3)19(25)18(24-17-9-8-13(21)10-16(17)22)12-23-14-6-5-7-15(11-14)26-4/h5-11,23H,12H2,1-4H3. The van der Waals surface area contributed by atoms with E-state index in [9.17, 15) is 9.18 Å². The van der Waals surface area contributed by atoms with Crippen LogP contribution in [0.4, 0.5) is 15.8 Å². The van der Waals surface area contributed by atoms with E-state index in [1.54, 1.807) is 27.9 Å². The number of ether oxygens (including phenoxy) is 1. The van der Waals surface area contributed by atoms with Crippen molar-refractivity contribution in [2.45, 2.75) is 20.8 Å². The minimum absolute atomic E-state index is 0.0782. The van der Waals surface area contributed by atoms with Crippen LogP contribution in [0.2, 0.25) is 5.02 Å². The van der Waals surface area contributed by atoms with Gasteiger partial charge in [-0.05, 0) is 30.3 Å². The summed E-state index contributed by atoms with van der Waals surface area (Å²) in [5.41, 5.74) is 0.448. The molecule has 2 rings (SSSR count). The molecular weight excluding hydrogens is 355 g/mol. The zero-order valence-electron chi connectivity index (χ0n) is 15.3. The highest BCUT2D eigenvalue weighted by molar-refractivity contribution is 6.43. The monoisotopic (exact) mass is 376 g/mol. The summed E-state index contributed by atoms with van der Waals surface area (Å²) >= 11 is 5.78. The molecule has 4 nitrogen and oxygen atoms in total. The van der Waals surface area contributed by atoms with E-state index in [0.717, 1.165) is 5.69 Å². The molecule has 0 fully saturated rings. The van der Waals surface area contributed by atoms with Crippen molar-refractivity contribution >= 4 is 34.5 Å². The molecular formula is C20H22ClFN2O2. The Morgan fingerprint density at radius 1 is 1.23 bits per heavy atom.